The molecule has 1 aromatic heterocycles. The van der Waals surface area contributed by atoms with Crippen LogP contribution in [-0.4, -0.2) is 32.9 Å². The number of aliphatic hydroxyl groups is 1. The standard InChI is InChI=1S/C19H20ClN3O2/c1-22-17-4-2-3-15(20)19(17)16(21-22)11-23-7-8-25-18-6-5-13(12-24)9-14(18)10-23/h2-6,9,24H,7-8,10-12H2,1H3. The molecule has 0 amide bonds. The number of aryl methyl sites for hydroxylation is 1. The second kappa shape index (κ2) is 6.67. The van der Waals surface area contributed by atoms with E-state index in [2.05, 4.69) is 10.00 Å². The van der Waals surface area contributed by atoms with Crippen LogP contribution in [0.15, 0.2) is 36.4 Å². The second-order valence-corrected chi connectivity index (χ2v) is 6.77. The molecule has 0 unspecified atom stereocenters. The monoisotopic (exact) mass is 357 g/mol. The molecule has 0 spiro atoms. The Balaban J connectivity index is 1.65. The van der Waals surface area contributed by atoms with Crippen molar-refractivity contribution >= 4 is 22.5 Å². The Labute approximate surface area is 151 Å². The third-order valence-electron chi connectivity index (χ3n) is 4.64. The van der Waals surface area contributed by atoms with Crippen LogP contribution in [0.3, 0.4) is 0 Å². The van der Waals surface area contributed by atoms with Crippen molar-refractivity contribution in [1.82, 2.24) is 14.7 Å². The summed E-state index contributed by atoms with van der Waals surface area (Å²) in [6.07, 6.45) is 0. The quantitative estimate of drug-likeness (QED) is 0.782. The minimum absolute atomic E-state index is 0.0355. The van der Waals surface area contributed by atoms with Gasteiger partial charge in [0, 0.05) is 37.6 Å². The van der Waals surface area contributed by atoms with Crippen LogP contribution < -0.4 is 4.74 Å². The lowest BCUT2D eigenvalue weighted by atomic mass is 10.1. The zero-order valence-electron chi connectivity index (χ0n) is 14.1. The van der Waals surface area contributed by atoms with Gasteiger partial charge in [-0.25, -0.2) is 0 Å². The Morgan fingerprint density at radius 2 is 2.16 bits per heavy atom. The first kappa shape index (κ1) is 16.4. The fraction of sp³-hybridized carbons (Fsp3) is 0.316. The van der Waals surface area contributed by atoms with Gasteiger partial charge in [0.05, 0.1) is 22.8 Å². The van der Waals surface area contributed by atoms with Gasteiger partial charge in [-0.2, -0.15) is 5.10 Å². The molecule has 0 atom stereocenters. The molecule has 0 saturated heterocycles. The maximum absolute atomic E-state index is 9.38. The molecule has 0 saturated carbocycles. The highest BCUT2D eigenvalue weighted by molar-refractivity contribution is 6.35. The van der Waals surface area contributed by atoms with Gasteiger partial charge in [0.25, 0.3) is 0 Å². The Hall–Kier alpha value is -2.08. The molecule has 1 aliphatic heterocycles. The Morgan fingerprint density at radius 1 is 1.28 bits per heavy atom. The van der Waals surface area contributed by atoms with Crippen molar-refractivity contribution in [3.05, 3.63) is 58.2 Å². The van der Waals surface area contributed by atoms with Crippen molar-refractivity contribution in [2.45, 2.75) is 19.7 Å². The van der Waals surface area contributed by atoms with Gasteiger partial charge in [-0.05, 0) is 29.8 Å². The van der Waals surface area contributed by atoms with Gasteiger partial charge < -0.3 is 9.84 Å². The average Bonchev–Trinajstić information content (AvgIpc) is 2.80. The maximum atomic E-state index is 9.38. The van der Waals surface area contributed by atoms with Crippen molar-refractivity contribution < 1.29 is 9.84 Å². The fourth-order valence-electron chi connectivity index (χ4n) is 3.41. The molecule has 4 rings (SSSR count). The Morgan fingerprint density at radius 3 is 3.00 bits per heavy atom. The van der Waals surface area contributed by atoms with E-state index in [4.69, 9.17) is 16.3 Å². The van der Waals surface area contributed by atoms with Gasteiger partial charge >= 0.3 is 0 Å². The van der Waals surface area contributed by atoms with E-state index in [9.17, 15) is 5.11 Å². The van der Waals surface area contributed by atoms with Crippen LogP contribution in [0.5, 0.6) is 5.75 Å². The molecule has 25 heavy (non-hydrogen) atoms. The molecule has 2 aromatic carbocycles. The predicted molar refractivity (Wildman–Crippen MR) is 97.7 cm³/mol. The topological polar surface area (TPSA) is 50.5 Å². The minimum atomic E-state index is 0.0355. The molecule has 6 heteroatoms. The molecule has 1 aliphatic rings. The number of aromatic nitrogens is 2. The highest BCUT2D eigenvalue weighted by atomic mass is 35.5. The molecule has 5 nitrogen and oxygen atoms in total. The first-order valence-electron chi connectivity index (χ1n) is 8.33. The summed E-state index contributed by atoms with van der Waals surface area (Å²) in [4.78, 5) is 2.30. The van der Waals surface area contributed by atoms with Gasteiger partial charge in [-0.15, -0.1) is 0 Å². The zero-order chi connectivity index (χ0) is 17.4. The normalized spacial score (nSPS) is 15.0. The molecule has 0 aliphatic carbocycles. The van der Waals surface area contributed by atoms with E-state index in [-0.39, 0.29) is 6.61 Å². The molecule has 2 heterocycles. The molecular weight excluding hydrogens is 338 g/mol. The lowest BCUT2D eigenvalue weighted by Gasteiger charge is -2.18. The van der Waals surface area contributed by atoms with E-state index < -0.39 is 0 Å². The van der Waals surface area contributed by atoms with E-state index in [1.54, 1.807) is 0 Å². The van der Waals surface area contributed by atoms with Crippen LogP contribution in [0.1, 0.15) is 16.8 Å². The predicted octanol–water partition coefficient (Wildman–Crippen LogP) is 3.11. The summed E-state index contributed by atoms with van der Waals surface area (Å²) in [5.41, 5.74) is 4.01. The number of fused-ring (bicyclic) bond motifs is 2. The molecule has 0 bridgehead atoms. The van der Waals surface area contributed by atoms with Gasteiger partial charge in [0.2, 0.25) is 0 Å². The summed E-state index contributed by atoms with van der Waals surface area (Å²) in [7, 11) is 1.94. The first-order chi connectivity index (χ1) is 12.2. The molecule has 1 N–H and O–H groups in total. The third kappa shape index (κ3) is 3.11. The largest absolute Gasteiger partial charge is 0.492 e. The molecular formula is C19H20ClN3O2. The highest BCUT2D eigenvalue weighted by Gasteiger charge is 2.19. The summed E-state index contributed by atoms with van der Waals surface area (Å²) in [5.74, 6) is 0.892. The molecule has 0 radical (unpaired) electrons. The van der Waals surface area contributed by atoms with Gasteiger partial charge in [-0.3, -0.25) is 9.58 Å². The first-order valence-corrected chi connectivity index (χ1v) is 8.71. The lowest BCUT2D eigenvalue weighted by Crippen LogP contribution is -2.25. The lowest BCUT2D eigenvalue weighted by molar-refractivity contribution is 0.218. The second-order valence-electron chi connectivity index (χ2n) is 6.36. The number of nitrogens with zero attached hydrogens (tertiary/aromatic N) is 3. The number of benzene rings is 2. The summed E-state index contributed by atoms with van der Waals surface area (Å²) in [6.45, 7) is 2.93. The van der Waals surface area contributed by atoms with E-state index in [0.29, 0.717) is 13.2 Å². The van der Waals surface area contributed by atoms with Crippen molar-refractivity contribution in [3.63, 3.8) is 0 Å². The van der Waals surface area contributed by atoms with Crippen molar-refractivity contribution in [2.24, 2.45) is 7.05 Å². The van der Waals surface area contributed by atoms with Gasteiger partial charge in [0.1, 0.15) is 12.4 Å². The SMILES string of the molecule is Cn1nc(CN2CCOc3ccc(CO)cc3C2)c2c(Cl)cccc21. The van der Waals surface area contributed by atoms with Crippen molar-refractivity contribution in [2.75, 3.05) is 13.2 Å². The van der Waals surface area contributed by atoms with E-state index in [0.717, 1.165) is 51.6 Å². The Bertz CT molecular complexity index is 922. The van der Waals surface area contributed by atoms with Gasteiger partial charge in [0.15, 0.2) is 0 Å². The fourth-order valence-corrected chi connectivity index (χ4v) is 3.69. The smallest absolute Gasteiger partial charge is 0.123 e. The Kier molecular flexibility index (Phi) is 4.37. The summed E-state index contributed by atoms with van der Waals surface area (Å²) < 4.78 is 7.73. The molecule has 130 valence electrons. The van der Waals surface area contributed by atoms with Crippen LogP contribution in [-0.2, 0) is 26.7 Å². The number of hydrogen-bond acceptors (Lipinski definition) is 4. The number of rotatable bonds is 3. The summed E-state index contributed by atoms with van der Waals surface area (Å²) >= 11 is 6.42. The zero-order valence-corrected chi connectivity index (χ0v) is 14.8. The van der Waals surface area contributed by atoms with E-state index in [1.807, 2.05) is 48.1 Å². The number of aliphatic hydroxyl groups excluding tert-OH is 1. The van der Waals surface area contributed by atoms with Crippen molar-refractivity contribution in [1.29, 1.82) is 0 Å². The average molecular weight is 358 g/mol. The van der Waals surface area contributed by atoms with Crippen LogP contribution in [0, 0.1) is 0 Å². The molecule has 3 aromatic rings. The number of ether oxygens (including phenoxy) is 1. The van der Waals surface area contributed by atoms with Crippen molar-refractivity contribution in [3.8, 4) is 5.75 Å². The van der Waals surface area contributed by atoms with Gasteiger partial charge in [-0.1, -0.05) is 23.7 Å². The third-order valence-corrected chi connectivity index (χ3v) is 4.95. The van der Waals surface area contributed by atoms with E-state index >= 15 is 0 Å². The van der Waals surface area contributed by atoms with Crippen LogP contribution in [0.2, 0.25) is 5.02 Å². The highest BCUT2D eigenvalue weighted by Crippen LogP contribution is 2.29. The summed E-state index contributed by atoms with van der Waals surface area (Å²) in [5, 5.41) is 15.8. The van der Waals surface area contributed by atoms with Crippen LogP contribution >= 0.6 is 11.6 Å². The maximum Gasteiger partial charge on any atom is 0.123 e. The minimum Gasteiger partial charge on any atom is -0.492 e. The van der Waals surface area contributed by atoms with Crippen LogP contribution in [0.4, 0.5) is 0 Å². The summed E-state index contributed by atoms with van der Waals surface area (Å²) in [6, 6.07) is 11.7. The number of halogens is 1. The molecule has 0 fully saturated rings. The van der Waals surface area contributed by atoms with E-state index in [1.165, 1.54) is 0 Å². The van der Waals surface area contributed by atoms with Crippen LogP contribution in [0.25, 0.3) is 10.9 Å². The number of hydrogen-bond donors (Lipinski definition) is 1.